The van der Waals surface area contributed by atoms with Gasteiger partial charge >= 0.3 is 0 Å². The average molecular weight is 723 g/mol. The van der Waals surface area contributed by atoms with Crippen LogP contribution in [-0.4, -0.2) is 19.5 Å². The van der Waals surface area contributed by atoms with Gasteiger partial charge in [-0.1, -0.05) is 170 Å². The minimum Gasteiger partial charge on any atom is -0.309 e. The molecule has 0 radical (unpaired) electrons. The number of hydrogen-bond donors (Lipinski definition) is 0. The van der Waals surface area contributed by atoms with Gasteiger partial charge in [-0.15, -0.1) is 0 Å². The summed E-state index contributed by atoms with van der Waals surface area (Å²) in [5, 5.41) is 6.89. The number of fused-ring (bicyclic) bond motifs is 8. The Kier molecular flexibility index (Phi) is 7.07. The van der Waals surface area contributed by atoms with Crippen LogP contribution in [0.15, 0.2) is 188 Å². The summed E-state index contributed by atoms with van der Waals surface area (Å²) >= 11 is 0. The van der Waals surface area contributed by atoms with Gasteiger partial charge in [0.2, 0.25) is 5.95 Å². The molecule has 258 valence electrons. The highest BCUT2D eigenvalue weighted by atomic mass is 31.2. The fraction of sp³-hybridized carbons (Fsp3) is 0. The minimum absolute atomic E-state index is 0.517. The highest BCUT2D eigenvalue weighted by Crippen LogP contribution is 2.53. The summed E-state index contributed by atoms with van der Waals surface area (Å²) in [6.45, 7) is 0. The Morgan fingerprint density at radius 3 is 1.75 bits per heavy atom. The van der Waals surface area contributed by atoms with Crippen LogP contribution < -0.4 is 15.9 Å². The summed E-state index contributed by atoms with van der Waals surface area (Å²) < 4.78 is 17.8. The molecular formula is C49H31N4OP. The van der Waals surface area contributed by atoms with E-state index in [-0.39, 0.29) is 0 Å². The van der Waals surface area contributed by atoms with Crippen molar-refractivity contribution in [1.29, 1.82) is 0 Å². The van der Waals surface area contributed by atoms with Gasteiger partial charge in [0, 0.05) is 37.8 Å². The fourth-order valence-corrected chi connectivity index (χ4v) is 11.4. The Morgan fingerprint density at radius 1 is 0.418 bits per heavy atom. The topological polar surface area (TPSA) is 60.7 Å². The van der Waals surface area contributed by atoms with Crippen LogP contribution >= 0.6 is 7.14 Å². The molecule has 11 rings (SSSR count). The molecule has 0 saturated heterocycles. The molecule has 0 bridgehead atoms. The van der Waals surface area contributed by atoms with Crippen LogP contribution in [0.5, 0.6) is 0 Å². The first kappa shape index (κ1) is 31.6. The van der Waals surface area contributed by atoms with Gasteiger partial charge in [0.05, 0.1) is 11.0 Å². The van der Waals surface area contributed by atoms with Crippen molar-refractivity contribution < 1.29 is 4.57 Å². The minimum atomic E-state index is -3.18. The zero-order chi connectivity index (χ0) is 36.5. The van der Waals surface area contributed by atoms with Crippen LogP contribution in [0.3, 0.4) is 0 Å². The van der Waals surface area contributed by atoms with Crippen LogP contribution in [0.1, 0.15) is 0 Å². The first-order valence-electron chi connectivity index (χ1n) is 18.4. The smallest absolute Gasteiger partial charge is 0.238 e. The van der Waals surface area contributed by atoms with Crippen molar-refractivity contribution in [3.05, 3.63) is 188 Å². The quantitative estimate of drug-likeness (QED) is 0.166. The Balaban J connectivity index is 1.22. The number of benzene rings is 8. The van der Waals surface area contributed by atoms with E-state index >= 15 is 4.57 Å². The number of aromatic nitrogens is 4. The zero-order valence-electron chi connectivity index (χ0n) is 29.5. The van der Waals surface area contributed by atoms with Crippen molar-refractivity contribution in [3.63, 3.8) is 0 Å². The maximum atomic E-state index is 15.7. The standard InChI is InChI=1S/C49H31N4OP/c54-55(37-19-8-3-9-20-37)44-23-13-12-22-39(44)40-30-43-41(31-45(40)55)46-38-21-11-10-16-34(38)28-29-42(46)53(43)49-51-47(35-17-6-2-7-18-35)50-48(52-49)36-26-24-33(25-27-36)32-14-4-1-5-15-32/h1-31H. The largest absolute Gasteiger partial charge is 0.309 e. The van der Waals surface area contributed by atoms with Crippen molar-refractivity contribution in [2.75, 3.05) is 0 Å². The highest BCUT2D eigenvalue weighted by molar-refractivity contribution is 7.86. The summed E-state index contributed by atoms with van der Waals surface area (Å²) in [7, 11) is -3.18. The Bertz CT molecular complexity index is 3160. The third kappa shape index (κ3) is 4.87. The molecule has 0 N–H and O–H groups in total. The number of nitrogens with zero attached hydrogens (tertiary/aromatic N) is 4. The lowest BCUT2D eigenvalue weighted by Crippen LogP contribution is -2.20. The van der Waals surface area contributed by atoms with E-state index in [4.69, 9.17) is 15.0 Å². The van der Waals surface area contributed by atoms with E-state index in [1.165, 1.54) is 0 Å². The van der Waals surface area contributed by atoms with E-state index < -0.39 is 7.14 Å². The molecule has 0 spiro atoms. The lowest BCUT2D eigenvalue weighted by Gasteiger charge is -2.16. The summed E-state index contributed by atoms with van der Waals surface area (Å²) in [5.74, 6) is 1.69. The van der Waals surface area contributed by atoms with Crippen molar-refractivity contribution in [1.82, 2.24) is 19.5 Å². The fourth-order valence-electron chi connectivity index (χ4n) is 8.29. The van der Waals surface area contributed by atoms with Crippen LogP contribution in [-0.2, 0) is 4.57 Å². The van der Waals surface area contributed by atoms with Gasteiger partial charge in [-0.2, -0.15) is 9.97 Å². The van der Waals surface area contributed by atoms with E-state index in [1.807, 2.05) is 84.9 Å². The molecular weight excluding hydrogens is 692 g/mol. The van der Waals surface area contributed by atoms with Gasteiger partial charge in [-0.05, 0) is 51.2 Å². The maximum Gasteiger partial charge on any atom is 0.238 e. The van der Waals surface area contributed by atoms with Gasteiger partial charge in [0.1, 0.15) is 0 Å². The lowest BCUT2D eigenvalue weighted by molar-refractivity contribution is 0.593. The summed E-state index contributed by atoms with van der Waals surface area (Å²) in [4.78, 5) is 15.5. The van der Waals surface area contributed by atoms with E-state index in [0.717, 1.165) is 81.9 Å². The van der Waals surface area contributed by atoms with Gasteiger partial charge in [0.15, 0.2) is 18.8 Å². The molecule has 2 aromatic heterocycles. The molecule has 1 atom stereocenters. The first-order valence-corrected chi connectivity index (χ1v) is 20.1. The van der Waals surface area contributed by atoms with E-state index in [0.29, 0.717) is 17.6 Å². The summed E-state index contributed by atoms with van der Waals surface area (Å²) in [6.07, 6.45) is 0. The van der Waals surface area contributed by atoms with Crippen molar-refractivity contribution in [2.24, 2.45) is 0 Å². The maximum absolute atomic E-state index is 15.7. The van der Waals surface area contributed by atoms with Crippen LogP contribution in [0.4, 0.5) is 0 Å². The second-order valence-electron chi connectivity index (χ2n) is 14.0. The zero-order valence-corrected chi connectivity index (χ0v) is 30.4. The van der Waals surface area contributed by atoms with Crippen molar-refractivity contribution >= 4 is 55.6 Å². The normalized spacial score (nSPS) is 14.7. The molecule has 5 nitrogen and oxygen atoms in total. The predicted octanol–water partition coefficient (Wildman–Crippen LogP) is 10.7. The van der Waals surface area contributed by atoms with Crippen LogP contribution in [0.25, 0.3) is 83.6 Å². The van der Waals surface area contributed by atoms with Gasteiger partial charge < -0.3 is 4.57 Å². The molecule has 0 amide bonds. The molecule has 1 unspecified atom stereocenters. The summed E-state index contributed by atoms with van der Waals surface area (Å²) in [5.41, 5.74) is 7.94. The van der Waals surface area contributed by atoms with E-state index in [2.05, 4.69) is 108 Å². The second kappa shape index (κ2) is 12.3. The lowest BCUT2D eigenvalue weighted by atomic mass is 10.0. The van der Waals surface area contributed by atoms with E-state index in [1.54, 1.807) is 0 Å². The molecule has 0 saturated carbocycles. The average Bonchev–Trinajstić information content (AvgIpc) is 3.73. The molecule has 8 aromatic carbocycles. The first-order chi connectivity index (χ1) is 27.1. The second-order valence-corrected chi connectivity index (χ2v) is 16.7. The molecule has 0 aliphatic carbocycles. The molecule has 6 heteroatoms. The number of rotatable bonds is 5. The third-order valence-electron chi connectivity index (χ3n) is 10.9. The monoisotopic (exact) mass is 722 g/mol. The van der Waals surface area contributed by atoms with E-state index in [9.17, 15) is 0 Å². The van der Waals surface area contributed by atoms with Crippen LogP contribution in [0.2, 0.25) is 0 Å². The highest BCUT2D eigenvalue weighted by Gasteiger charge is 2.41. The molecule has 1 aliphatic heterocycles. The van der Waals surface area contributed by atoms with Gasteiger partial charge in [0.25, 0.3) is 0 Å². The molecule has 1 aliphatic rings. The SMILES string of the molecule is O=P1(c2ccccc2)c2ccccc2-c2cc3c(cc21)c1c2ccccc2ccc1n3-c1nc(-c2ccccc2)nc(-c2ccc(-c3ccccc3)cc2)n1. The van der Waals surface area contributed by atoms with Gasteiger partial charge in [-0.3, -0.25) is 4.57 Å². The van der Waals surface area contributed by atoms with Crippen LogP contribution in [0, 0.1) is 0 Å². The third-order valence-corrected chi connectivity index (χ3v) is 14.0. The molecule has 3 heterocycles. The van der Waals surface area contributed by atoms with Crippen molar-refractivity contribution in [2.45, 2.75) is 0 Å². The Hall–Kier alpha value is -6.94. The Labute approximate surface area is 317 Å². The van der Waals surface area contributed by atoms with Crippen molar-refractivity contribution in [3.8, 4) is 51.0 Å². The summed E-state index contributed by atoms with van der Waals surface area (Å²) in [6, 6.07) is 64.1. The van der Waals surface area contributed by atoms with Gasteiger partial charge in [-0.25, -0.2) is 4.98 Å². The Morgan fingerprint density at radius 2 is 1.00 bits per heavy atom. The molecule has 55 heavy (non-hydrogen) atoms. The molecule has 10 aromatic rings. The number of hydrogen-bond acceptors (Lipinski definition) is 4. The molecule has 0 fully saturated rings. The predicted molar refractivity (Wildman–Crippen MR) is 226 cm³/mol.